The summed E-state index contributed by atoms with van der Waals surface area (Å²) >= 11 is 9.17. The van der Waals surface area contributed by atoms with Crippen molar-refractivity contribution in [3.8, 4) is 11.6 Å². The molecule has 0 aliphatic rings. The Labute approximate surface area is 117 Å². The van der Waals surface area contributed by atoms with E-state index in [1.807, 2.05) is 0 Å². The third-order valence-electron chi connectivity index (χ3n) is 2.25. The molecule has 0 bridgehead atoms. The highest BCUT2D eigenvalue weighted by Crippen LogP contribution is 2.32. The summed E-state index contributed by atoms with van der Waals surface area (Å²) in [6.07, 6.45) is 0. The van der Waals surface area contributed by atoms with Crippen molar-refractivity contribution in [1.29, 1.82) is 0 Å². The molecule has 0 radical (unpaired) electrons. The molecule has 0 saturated carbocycles. The van der Waals surface area contributed by atoms with E-state index in [2.05, 4.69) is 25.9 Å². The van der Waals surface area contributed by atoms with Gasteiger partial charge in [-0.15, -0.1) is 0 Å². The number of halogens is 3. The number of hydrogen-bond acceptors (Lipinski definition) is 3. The van der Waals surface area contributed by atoms with E-state index in [-0.39, 0.29) is 5.82 Å². The van der Waals surface area contributed by atoms with Gasteiger partial charge in [0.15, 0.2) is 0 Å². The predicted molar refractivity (Wildman–Crippen MR) is 70.7 cm³/mol. The van der Waals surface area contributed by atoms with Gasteiger partial charge in [0.05, 0.1) is 4.47 Å². The molecule has 18 heavy (non-hydrogen) atoms. The van der Waals surface area contributed by atoms with Crippen molar-refractivity contribution in [2.24, 2.45) is 0 Å². The number of hydrogen-bond donors (Lipinski definition) is 0. The molecule has 1 aromatic heterocycles. The minimum Gasteiger partial charge on any atom is -0.437 e. The molecule has 3 nitrogen and oxygen atoms in total. The first-order valence-electron chi connectivity index (χ1n) is 5.11. The smallest absolute Gasteiger partial charge is 0.227 e. The van der Waals surface area contributed by atoms with Crippen LogP contribution in [0.3, 0.4) is 0 Å². The number of nitrogens with zero attached hydrogens (tertiary/aromatic N) is 2. The summed E-state index contributed by atoms with van der Waals surface area (Å²) in [6, 6.07) is 4.15. The molecule has 6 heteroatoms. The van der Waals surface area contributed by atoms with E-state index >= 15 is 0 Å². The molecule has 0 unspecified atom stereocenters. The fraction of sp³-hybridized carbons (Fsp3) is 0.167. The fourth-order valence-corrected chi connectivity index (χ4v) is 1.97. The summed E-state index contributed by atoms with van der Waals surface area (Å²) in [7, 11) is 0. The van der Waals surface area contributed by atoms with Gasteiger partial charge < -0.3 is 4.74 Å². The summed E-state index contributed by atoms with van der Waals surface area (Å²) in [4.78, 5) is 8.17. The van der Waals surface area contributed by atoms with Crippen LogP contribution in [-0.2, 0) is 0 Å². The van der Waals surface area contributed by atoms with E-state index in [0.29, 0.717) is 32.6 Å². The molecule has 0 amide bonds. The van der Waals surface area contributed by atoms with Crippen LogP contribution in [0.25, 0.3) is 0 Å². The quantitative estimate of drug-likeness (QED) is 0.763. The summed E-state index contributed by atoms with van der Waals surface area (Å²) in [5.74, 6) is 0.996. The van der Waals surface area contributed by atoms with Crippen LogP contribution < -0.4 is 4.74 Å². The maximum absolute atomic E-state index is 13.0. The molecule has 0 saturated heterocycles. The van der Waals surface area contributed by atoms with Gasteiger partial charge >= 0.3 is 0 Å². The Bertz CT molecular complexity index is 607. The Balaban J connectivity index is 2.40. The molecule has 0 atom stereocenters. The van der Waals surface area contributed by atoms with Crippen molar-refractivity contribution in [3.05, 3.63) is 45.0 Å². The molecular weight excluding hydrogens is 322 g/mol. The molecule has 0 aliphatic heterocycles. The number of aryl methyl sites for hydroxylation is 1. The van der Waals surface area contributed by atoms with Gasteiger partial charge in [-0.1, -0.05) is 11.6 Å². The van der Waals surface area contributed by atoms with Gasteiger partial charge in [0.1, 0.15) is 22.5 Å². The highest BCUT2D eigenvalue weighted by molar-refractivity contribution is 9.10. The standard InChI is InChI=1S/C12H9BrClFN2O/c1-6-11(14)16-7(2)17-12(6)18-10-4-3-8(15)5-9(10)13/h3-5H,1-2H3. The molecule has 0 fully saturated rings. The van der Waals surface area contributed by atoms with Crippen LogP contribution in [0.1, 0.15) is 11.4 Å². The molecule has 0 spiro atoms. The second kappa shape index (κ2) is 5.20. The Hall–Kier alpha value is -1.20. The summed E-state index contributed by atoms with van der Waals surface area (Å²) in [6.45, 7) is 3.48. The van der Waals surface area contributed by atoms with Crippen LogP contribution in [0.15, 0.2) is 22.7 Å². The Morgan fingerprint density at radius 2 is 2.00 bits per heavy atom. The van der Waals surface area contributed by atoms with E-state index < -0.39 is 0 Å². The SMILES string of the molecule is Cc1nc(Cl)c(C)c(Oc2ccc(F)cc2Br)n1. The summed E-state index contributed by atoms with van der Waals surface area (Å²) in [5.41, 5.74) is 0.637. The first kappa shape index (κ1) is 13.2. The summed E-state index contributed by atoms with van der Waals surface area (Å²) < 4.78 is 19.1. The lowest BCUT2D eigenvalue weighted by Gasteiger charge is -2.10. The number of rotatable bonds is 2. The lowest BCUT2D eigenvalue weighted by atomic mass is 10.3. The molecule has 94 valence electrons. The van der Waals surface area contributed by atoms with Crippen molar-refractivity contribution in [1.82, 2.24) is 9.97 Å². The third kappa shape index (κ3) is 2.79. The van der Waals surface area contributed by atoms with Crippen molar-refractivity contribution in [2.45, 2.75) is 13.8 Å². The Morgan fingerprint density at radius 1 is 1.28 bits per heavy atom. The van der Waals surface area contributed by atoms with E-state index in [4.69, 9.17) is 16.3 Å². The van der Waals surface area contributed by atoms with Gasteiger partial charge in [0, 0.05) is 5.56 Å². The largest absolute Gasteiger partial charge is 0.437 e. The molecule has 0 N–H and O–H groups in total. The molecule has 0 aliphatic carbocycles. The highest BCUT2D eigenvalue weighted by atomic mass is 79.9. The number of benzene rings is 1. The van der Waals surface area contributed by atoms with Crippen LogP contribution in [0.2, 0.25) is 5.15 Å². The van der Waals surface area contributed by atoms with Gasteiger partial charge in [0.25, 0.3) is 0 Å². The molecular formula is C12H9BrClFN2O. The predicted octanol–water partition coefficient (Wildman–Crippen LogP) is 4.44. The second-order valence-electron chi connectivity index (χ2n) is 3.67. The van der Waals surface area contributed by atoms with Crippen molar-refractivity contribution < 1.29 is 9.13 Å². The molecule has 1 aromatic carbocycles. The number of aromatic nitrogens is 2. The fourth-order valence-electron chi connectivity index (χ4n) is 1.33. The van der Waals surface area contributed by atoms with E-state index in [0.717, 1.165) is 0 Å². The molecule has 2 rings (SSSR count). The molecule has 1 heterocycles. The van der Waals surface area contributed by atoms with E-state index in [9.17, 15) is 4.39 Å². The third-order valence-corrected chi connectivity index (χ3v) is 3.24. The molecule has 2 aromatic rings. The van der Waals surface area contributed by atoms with Crippen molar-refractivity contribution in [3.63, 3.8) is 0 Å². The lowest BCUT2D eigenvalue weighted by molar-refractivity contribution is 0.451. The van der Waals surface area contributed by atoms with Crippen LogP contribution in [0.4, 0.5) is 4.39 Å². The van der Waals surface area contributed by atoms with Crippen LogP contribution in [-0.4, -0.2) is 9.97 Å². The van der Waals surface area contributed by atoms with Gasteiger partial charge in [0.2, 0.25) is 5.88 Å². The topological polar surface area (TPSA) is 35.0 Å². The highest BCUT2D eigenvalue weighted by Gasteiger charge is 2.11. The van der Waals surface area contributed by atoms with Gasteiger partial charge in [-0.2, -0.15) is 4.98 Å². The maximum atomic E-state index is 13.0. The monoisotopic (exact) mass is 330 g/mol. The second-order valence-corrected chi connectivity index (χ2v) is 4.88. The Kier molecular flexibility index (Phi) is 3.82. The zero-order valence-electron chi connectivity index (χ0n) is 9.67. The zero-order valence-corrected chi connectivity index (χ0v) is 12.0. The normalized spacial score (nSPS) is 10.5. The van der Waals surface area contributed by atoms with Crippen molar-refractivity contribution in [2.75, 3.05) is 0 Å². The van der Waals surface area contributed by atoms with Gasteiger partial charge in [-0.3, -0.25) is 0 Å². The first-order chi connectivity index (χ1) is 8.47. The van der Waals surface area contributed by atoms with Gasteiger partial charge in [-0.25, -0.2) is 9.37 Å². The average molecular weight is 332 g/mol. The van der Waals surface area contributed by atoms with E-state index in [1.165, 1.54) is 18.2 Å². The zero-order chi connectivity index (χ0) is 13.3. The average Bonchev–Trinajstić information content (AvgIpc) is 2.29. The number of ether oxygens (including phenoxy) is 1. The van der Waals surface area contributed by atoms with Crippen LogP contribution in [0, 0.1) is 19.7 Å². The maximum Gasteiger partial charge on any atom is 0.227 e. The van der Waals surface area contributed by atoms with Crippen molar-refractivity contribution >= 4 is 27.5 Å². The minimum atomic E-state index is -0.345. The Morgan fingerprint density at radius 3 is 2.67 bits per heavy atom. The van der Waals surface area contributed by atoms with E-state index in [1.54, 1.807) is 13.8 Å². The van der Waals surface area contributed by atoms with Crippen LogP contribution >= 0.6 is 27.5 Å². The van der Waals surface area contributed by atoms with Gasteiger partial charge in [-0.05, 0) is 48.0 Å². The lowest BCUT2D eigenvalue weighted by Crippen LogP contribution is -1.98. The first-order valence-corrected chi connectivity index (χ1v) is 6.28. The minimum absolute atomic E-state index is 0.343. The summed E-state index contributed by atoms with van der Waals surface area (Å²) in [5, 5.41) is 0.343. The van der Waals surface area contributed by atoms with Crippen LogP contribution in [0.5, 0.6) is 11.6 Å².